The van der Waals surface area contributed by atoms with E-state index in [1.165, 1.54) is 0 Å². The maximum absolute atomic E-state index is 12.9. The Hall–Kier alpha value is -3.64. The fourth-order valence-electron chi connectivity index (χ4n) is 4.12. The average molecular weight is 489 g/mol. The number of ether oxygens (including phenoxy) is 2. The number of benzene rings is 3. The summed E-state index contributed by atoms with van der Waals surface area (Å²) in [6, 6.07) is 23.2. The van der Waals surface area contributed by atoms with Crippen LogP contribution in [0.5, 0.6) is 5.75 Å². The molecule has 3 aromatic carbocycles. The molecule has 0 heterocycles. The molecule has 0 aromatic heterocycles. The number of esters is 1. The Balaban J connectivity index is 1.74. The van der Waals surface area contributed by atoms with Gasteiger partial charge in [0.15, 0.2) is 0 Å². The second-order valence-corrected chi connectivity index (χ2v) is 9.10. The third-order valence-electron chi connectivity index (χ3n) is 5.92. The Kier molecular flexibility index (Phi) is 9.65. The molecule has 0 aliphatic rings. The third-order valence-corrected chi connectivity index (χ3v) is 5.92. The molecule has 0 fully saturated rings. The average Bonchev–Trinajstić information content (AvgIpc) is 2.87. The van der Waals surface area contributed by atoms with E-state index in [1.807, 2.05) is 42.5 Å². The lowest BCUT2D eigenvalue weighted by Gasteiger charge is -2.30. The fourth-order valence-corrected chi connectivity index (χ4v) is 4.12. The van der Waals surface area contributed by atoms with Crippen molar-refractivity contribution in [3.63, 3.8) is 0 Å². The van der Waals surface area contributed by atoms with E-state index in [0.717, 1.165) is 11.1 Å². The molecule has 0 aliphatic carbocycles. The molecular weight excluding hydrogens is 452 g/mol. The van der Waals surface area contributed by atoms with Gasteiger partial charge >= 0.3 is 5.97 Å². The highest BCUT2D eigenvalue weighted by Gasteiger charge is 2.18. The molecule has 6 heteroatoms. The van der Waals surface area contributed by atoms with Gasteiger partial charge in [-0.3, -0.25) is 9.69 Å². The molecule has 36 heavy (non-hydrogen) atoms. The number of carbonyl (C=O) groups is 2. The van der Waals surface area contributed by atoms with E-state index in [2.05, 4.69) is 37.9 Å². The Bertz CT molecular complexity index is 1130. The van der Waals surface area contributed by atoms with Gasteiger partial charge in [-0.15, -0.1) is 0 Å². The van der Waals surface area contributed by atoms with E-state index in [9.17, 15) is 9.59 Å². The van der Waals surface area contributed by atoms with Crippen LogP contribution in [0.25, 0.3) is 11.1 Å². The van der Waals surface area contributed by atoms with Crippen LogP contribution in [-0.2, 0) is 4.74 Å². The number of nitrogens with one attached hydrogen (secondary N) is 1. The second kappa shape index (κ2) is 12.9. The highest BCUT2D eigenvalue weighted by molar-refractivity contribution is 6.05. The number of carbonyl (C=O) groups excluding carboxylic acids is 2. The van der Waals surface area contributed by atoms with E-state index in [0.29, 0.717) is 47.8 Å². The topological polar surface area (TPSA) is 67.9 Å². The summed E-state index contributed by atoms with van der Waals surface area (Å²) in [5.74, 6) is -0.306. The zero-order valence-corrected chi connectivity index (χ0v) is 21.8. The van der Waals surface area contributed by atoms with Gasteiger partial charge in [0.2, 0.25) is 0 Å². The first-order valence-electron chi connectivity index (χ1n) is 12.5. The largest absolute Gasteiger partial charge is 0.491 e. The van der Waals surface area contributed by atoms with Crippen molar-refractivity contribution in [2.24, 2.45) is 0 Å². The summed E-state index contributed by atoms with van der Waals surface area (Å²) in [6.07, 6.45) is 0. The van der Waals surface area contributed by atoms with Crippen LogP contribution in [0.15, 0.2) is 72.8 Å². The van der Waals surface area contributed by atoms with Gasteiger partial charge in [0.05, 0.1) is 6.61 Å². The Morgan fingerprint density at radius 2 is 1.50 bits per heavy atom. The zero-order valence-electron chi connectivity index (χ0n) is 21.8. The zero-order chi connectivity index (χ0) is 26.1. The quantitative estimate of drug-likeness (QED) is 0.322. The number of anilines is 1. The maximum atomic E-state index is 12.9. The Labute approximate surface area is 214 Å². The summed E-state index contributed by atoms with van der Waals surface area (Å²) < 4.78 is 11.2. The smallest absolute Gasteiger partial charge is 0.341 e. The number of rotatable bonds is 11. The van der Waals surface area contributed by atoms with Gasteiger partial charge in [0.1, 0.15) is 17.9 Å². The summed E-state index contributed by atoms with van der Waals surface area (Å²) in [4.78, 5) is 27.7. The molecule has 1 N–H and O–H groups in total. The van der Waals surface area contributed by atoms with Crippen LogP contribution in [-0.4, -0.2) is 48.6 Å². The highest BCUT2D eigenvalue weighted by atomic mass is 16.5. The normalized spacial score (nSPS) is 11.1. The van der Waals surface area contributed by atoms with Crippen LogP contribution in [0.4, 0.5) is 5.69 Å². The molecule has 0 atom stereocenters. The summed E-state index contributed by atoms with van der Waals surface area (Å²) >= 11 is 0. The van der Waals surface area contributed by atoms with Crippen LogP contribution in [0.3, 0.4) is 0 Å². The molecule has 0 saturated carbocycles. The third kappa shape index (κ3) is 7.18. The summed E-state index contributed by atoms with van der Waals surface area (Å²) in [7, 11) is 0. The van der Waals surface area contributed by atoms with Crippen molar-refractivity contribution in [2.45, 2.75) is 46.7 Å². The van der Waals surface area contributed by atoms with Crippen molar-refractivity contribution in [3.05, 3.63) is 83.9 Å². The lowest BCUT2D eigenvalue weighted by molar-refractivity contribution is 0.0520. The minimum absolute atomic E-state index is 0.241. The molecule has 3 rings (SSSR count). The van der Waals surface area contributed by atoms with Crippen molar-refractivity contribution in [1.29, 1.82) is 0 Å². The molecule has 0 saturated heterocycles. The Morgan fingerprint density at radius 3 is 2.11 bits per heavy atom. The first kappa shape index (κ1) is 27.0. The van der Waals surface area contributed by atoms with E-state index in [4.69, 9.17) is 9.47 Å². The lowest BCUT2D eigenvalue weighted by Crippen LogP contribution is -2.39. The minimum Gasteiger partial charge on any atom is -0.491 e. The molecule has 6 nitrogen and oxygen atoms in total. The van der Waals surface area contributed by atoms with Crippen molar-refractivity contribution in [3.8, 4) is 16.9 Å². The van der Waals surface area contributed by atoms with Crippen LogP contribution >= 0.6 is 0 Å². The molecule has 0 radical (unpaired) electrons. The molecule has 0 aliphatic heterocycles. The standard InChI is InChI=1S/C30H36N2O4/c1-6-35-30(34)27-17-16-26(20-28(27)36-19-18-32(21(2)3)22(4)5)31-29(33)25-14-12-24(13-15-25)23-10-8-7-9-11-23/h7-17,20-22H,6,18-19H2,1-5H3,(H,31,33). The molecular formula is C30H36N2O4. The van der Waals surface area contributed by atoms with E-state index < -0.39 is 5.97 Å². The predicted molar refractivity (Wildman–Crippen MR) is 145 cm³/mol. The molecule has 3 aromatic rings. The van der Waals surface area contributed by atoms with Crippen molar-refractivity contribution >= 4 is 17.6 Å². The number of hydrogen-bond acceptors (Lipinski definition) is 5. The van der Waals surface area contributed by atoms with E-state index in [-0.39, 0.29) is 12.5 Å². The first-order valence-corrected chi connectivity index (χ1v) is 12.5. The van der Waals surface area contributed by atoms with Crippen molar-refractivity contribution in [2.75, 3.05) is 25.1 Å². The summed E-state index contributed by atoms with van der Waals surface area (Å²) in [6.45, 7) is 11.7. The molecule has 0 spiro atoms. The van der Waals surface area contributed by atoms with Gasteiger partial charge < -0.3 is 14.8 Å². The highest BCUT2D eigenvalue weighted by Crippen LogP contribution is 2.26. The number of nitrogens with zero attached hydrogens (tertiary/aromatic N) is 1. The van der Waals surface area contributed by atoms with Crippen LogP contribution in [0.1, 0.15) is 55.3 Å². The van der Waals surface area contributed by atoms with Gasteiger partial charge in [0.25, 0.3) is 5.91 Å². The van der Waals surface area contributed by atoms with Gasteiger partial charge in [0, 0.05) is 35.9 Å². The monoisotopic (exact) mass is 488 g/mol. The molecule has 1 amide bonds. The SMILES string of the molecule is CCOC(=O)c1ccc(NC(=O)c2ccc(-c3ccccc3)cc2)cc1OCCN(C(C)C)C(C)C. The number of hydrogen-bond donors (Lipinski definition) is 1. The van der Waals surface area contributed by atoms with Gasteiger partial charge in [-0.2, -0.15) is 0 Å². The lowest BCUT2D eigenvalue weighted by atomic mass is 10.0. The van der Waals surface area contributed by atoms with Crippen LogP contribution in [0, 0.1) is 0 Å². The molecule has 0 unspecified atom stereocenters. The molecule has 0 bridgehead atoms. The summed E-state index contributed by atoms with van der Waals surface area (Å²) in [5.41, 5.74) is 3.55. The van der Waals surface area contributed by atoms with Gasteiger partial charge in [-0.25, -0.2) is 4.79 Å². The fraction of sp³-hybridized carbons (Fsp3) is 0.333. The van der Waals surface area contributed by atoms with Crippen molar-refractivity contribution < 1.29 is 19.1 Å². The van der Waals surface area contributed by atoms with Gasteiger partial charge in [-0.1, -0.05) is 42.5 Å². The minimum atomic E-state index is -0.452. The predicted octanol–water partition coefficient (Wildman–Crippen LogP) is 6.28. The van der Waals surface area contributed by atoms with Gasteiger partial charge in [-0.05, 0) is 70.0 Å². The second-order valence-electron chi connectivity index (χ2n) is 9.10. The van der Waals surface area contributed by atoms with E-state index in [1.54, 1.807) is 37.3 Å². The van der Waals surface area contributed by atoms with Crippen LogP contribution < -0.4 is 10.1 Å². The van der Waals surface area contributed by atoms with Crippen LogP contribution in [0.2, 0.25) is 0 Å². The number of amides is 1. The summed E-state index contributed by atoms with van der Waals surface area (Å²) in [5, 5.41) is 2.91. The Morgan fingerprint density at radius 1 is 0.861 bits per heavy atom. The first-order chi connectivity index (χ1) is 17.3. The maximum Gasteiger partial charge on any atom is 0.341 e. The van der Waals surface area contributed by atoms with Crippen molar-refractivity contribution in [1.82, 2.24) is 4.90 Å². The molecule has 190 valence electrons. The van der Waals surface area contributed by atoms with E-state index >= 15 is 0 Å².